The molecule has 0 radical (unpaired) electrons. The summed E-state index contributed by atoms with van der Waals surface area (Å²) in [5, 5.41) is 3.06. The molecule has 0 aliphatic carbocycles. The Labute approximate surface area is 102 Å². The van der Waals surface area contributed by atoms with Crippen LogP contribution in [0.5, 0.6) is 0 Å². The van der Waals surface area contributed by atoms with E-state index in [4.69, 9.17) is 9.47 Å². The standard InChI is InChI=1S/C12H21NO4/c1-4-8-9(11(14)16-5-2)7-13-10(8)12(15)17-6-3/h8-10,13H,4-7H2,1-3H3. The van der Waals surface area contributed by atoms with E-state index >= 15 is 0 Å². The second-order valence-corrected chi connectivity index (χ2v) is 4.07. The molecule has 1 aliphatic rings. The van der Waals surface area contributed by atoms with Crippen molar-refractivity contribution in [3.05, 3.63) is 0 Å². The molecule has 1 aliphatic heterocycles. The van der Waals surface area contributed by atoms with Crippen LogP contribution in [0.25, 0.3) is 0 Å². The highest BCUT2D eigenvalue weighted by atomic mass is 16.5. The second-order valence-electron chi connectivity index (χ2n) is 4.07. The lowest BCUT2D eigenvalue weighted by Crippen LogP contribution is -2.37. The van der Waals surface area contributed by atoms with Crippen molar-refractivity contribution in [3.63, 3.8) is 0 Å². The van der Waals surface area contributed by atoms with E-state index in [-0.39, 0.29) is 29.8 Å². The van der Waals surface area contributed by atoms with Crippen LogP contribution in [0.4, 0.5) is 0 Å². The molecule has 1 heterocycles. The van der Waals surface area contributed by atoms with E-state index < -0.39 is 0 Å². The average molecular weight is 243 g/mol. The quantitative estimate of drug-likeness (QED) is 0.721. The Hall–Kier alpha value is -1.10. The molecule has 0 amide bonds. The first-order chi connectivity index (χ1) is 8.15. The van der Waals surface area contributed by atoms with Crippen LogP contribution in [0.15, 0.2) is 0 Å². The molecule has 0 bridgehead atoms. The van der Waals surface area contributed by atoms with Crippen molar-refractivity contribution in [1.29, 1.82) is 0 Å². The average Bonchev–Trinajstić information content (AvgIpc) is 2.73. The highest BCUT2D eigenvalue weighted by Crippen LogP contribution is 2.27. The Morgan fingerprint density at radius 2 is 1.71 bits per heavy atom. The molecule has 0 spiro atoms. The van der Waals surface area contributed by atoms with Crippen molar-refractivity contribution < 1.29 is 19.1 Å². The highest BCUT2D eigenvalue weighted by Gasteiger charge is 2.43. The van der Waals surface area contributed by atoms with Crippen LogP contribution < -0.4 is 5.32 Å². The number of esters is 2. The van der Waals surface area contributed by atoms with Gasteiger partial charge in [0, 0.05) is 6.54 Å². The van der Waals surface area contributed by atoms with E-state index in [9.17, 15) is 9.59 Å². The topological polar surface area (TPSA) is 64.6 Å². The van der Waals surface area contributed by atoms with E-state index in [0.717, 1.165) is 6.42 Å². The summed E-state index contributed by atoms with van der Waals surface area (Å²) in [6.45, 7) is 6.74. The van der Waals surface area contributed by atoms with Gasteiger partial charge in [0.15, 0.2) is 0 Å². The van der Waals surface area contributed by atoms with Gasteiger partial charge in [0.2, 0.25) is 0 Å². The first-order valence-electron chi connectivity index (χ1n) is 6.22. The van der Waals surface area contributed by atoms with Crippen LogP contribution in [0, 0.1) is 11.8 Å². The lowest BCUT2D eigenvalue weighted by atomic mass is 9.88. The Bertz CT molecular complexity index is 254. The third kappa shape index (κ3) is 3.19. The van der Waals surface area contributed by atoms with Gasteiger partial charge in [-0.15, -0.1) is 0 Å². The number of carbonyl (C=O) groups excluding carboxylic acids is 2. The van der Waals surface area contributed by atoms with Gasteiger partial charge in [0.05, 0.1) is 19.1 Å². The monoisotopic (exact) mass is 243 g/mol. The van der Waals surface area contributed by atoms with E-state index in [2.05, 4.69) is 5.32 Å². The predicted octanol–water partition coefficient (Wildman–Crippen LogP) is 0.727. The van der Waals surface area contributed by atoms with Gasteiger partial charge < -0.3 is 14.8 Å². The third-order valence-electron chi connectivity index (χ3n) is 3.10. The molecule has 1 N–H and O–H groups in total. The summed E-state index contributed by atoms with van der Waals surface area (Å²) in [6, 6.07) is -0.380. The van der Waals surface area contributed by atoms with Gasteiger partial charge >= 0.3 is 11.9 Å². The highest BCUT2D eigenvalue weighted by molar-refractivity contribution is 5.80. The second kappa shape index (κ2) is 6.59. The molecule has 5 heteroatoms. The zero-order valence-electron chi connectivity index (χ0n) is 10.7. The molecule has 3 atom stereocenters. The summed E-state index contributed by atoms with van der Waals surface area (Å²) < 4.78 is 10.0. The summed E-state index contributed by atoms with van der Waals surface area (Å²) in [7, 11) is 0. The molecule has 0 aromatic rings. The molecule has 1 fully saturated rings. The lowest BCUT2D eigenvalue weighted by Gasteiger charge is -2.20. The van der Waals surface area contributed by atoms with Crippen LogP contribution in [-0.2, 0) is 19.1 Å². The molecule has 0 aromatic heterocycles. The smallest absolute Gasteiger partial charge is 0.323 e. The predicted molar refractivity (Wildman–Crippen MR) is 62.3 cm³/mol. The van der Waals surface area contributed by atoms with Crippen molar-refractivity contribution in [1.82, 2.24) is 5.32 Å². The minimum absolute atomic E-state index is 0.0342. The summed E-state index contributed by atoms with van der Waals surface area (Å²) in [4.78, 5) is 23.4. The molecule has 3 unspecified atom stereocenters. The van der Waals surface area contributed by atoms with E-state index in [1.165, 1.54) is 0 Å². The molecule has 98 valence electrons. The molecule has 1 rings (SSSR count). The minimum atomic E-state index is -0.380. The number of hydrogen-bond donors (Lipinski definition) is 1. The third-order valence-corrected chi connectivity index (χ3v) is 3.10. The van der Waals surface area contributed by atoms with Crippen LogP contribution >= 0.6 is 0 Å². The zero-order chi connectivity index (χ0) is 12.8. The van der Waals surface area contributed by atoms with Gasteiger partial charge in [0.25, 0.3) is 0 Å². The minimum Gasteiger partial charge on any atom is -0.466 e. The Balaban J connectivity index is 2.66. The van der Waals surface area contributed by atoms with Gasteiger partial charge in [-0.05, 0) is 19.8 Å². The maximum absolute atomic E-state index is 11.7. The van der Waals surface area contributed by atoms with Crippen LogP contribution in [0.1, 0.15) is 27.2 Å². The first kappa shape index (κ1) is 14.0. The lowest BCUT2D eigenvalue weighted by molar-refractivity contribution is -0.150. The van der Waals surface area contributed by atoms with Gasteiger partial charge in [0.1, 0.15) is 6.04 Å². The molecular weight excluding hydrogens is 222 g/mol. The molecule has 5 nitrogen and oxygen atoms in total. The molecular formula is C12H21NO4. The van der Waals surface area contributed by atoms with Crippen molar-refractivity contribution >= 4 is 11.9 Å². The van der Waals surface area contributed by atoms with Crippen molar-refractivity contribution in [2.24, 2.45) is 11.8 Å². The molecule has 17 heavy (non-hydrogen) atoms. The summed E-state index contributed by atoms with van der Waals surface area (Å²) in [5.41, 5.74) is 0. The number of carbonyl (C=O) groups is 2. The number of hydrogen-bond acceptors (Lipinski definition) is 5. The summed E-state index contributed by atoms with van der Waals surface area (Å²) >= 11 is 0. The zero-order valence-corrected chi connectivity index (χ0v) is 10.7. The summed E-state index contributed by atoms with van der Waals surface area (Å²) in [6.07, 6.45) is 0.750. The fourth-order valence-electron chi connectivity index (χ4n) is 2.31. The van der Waals surface area contributed by atoms with Crippen LogP contribution in [0.3, 0.4) is 0 Å². The van der Waals surface area contributed by atoms with Crippen LogP contribution in [0.2, 0.25) is 0 Å². The molecule has 0 saturated carbocycles. The van der Waals surface area contributed by atoms with Crippen molar-refractivity contribution in [2.45, 2.75) is 33.2 Å². The van der Waals surface area contributed by atoms with Crippen molar-refractivity contribution in [3.8, 4) is 0 Å². The number of ether oxygens (including phenoxy) is 2. The van der Waals surface area contributed by atoms with E-state index in [1.807, 2.05) is 6.92 Å². The maximum atomic E-state index is 11.7. The maximum Gasteiger partial charge on any atom is 0.323 e. The Morgan fingerprint density at radius 3 is 2.24 bits per heavy atom. The van der Waals surface area contributed by atoms with Gasteiger partial charge in [-0.1, -0.05) is 13.3 Å². The number of rotatable bonds is 5. The van der Waals surface area contributed by atoms with Gasteiger partial charge in [-0.3, -0.25) is 9.59 Å². The molecule has 0 aromatic carbocycles. The molecule has 1 saturated heterocycles. The summed E-state index contributed by atoms with van der Waals surface area (Å²) in [5.74, 6) is -0.771. The first-order valence-corrected chi connectivity index (χ1v) is 6.22. The van der Waals surface area contributed by atoms with E-state index in [1.54, 1.807) is 13.8 Å². The Kier molecular flexibility index (Phi) is 5.41. The van der Waals surface area contributed by atoms with E-state index in [0.29, 0.717) is 19.8 Å². The van der Waals surface area contributed by atoms with Gasteiger partial charge in [-0.2, -0.15) is 0 Å². The van der Waals surface area contributed by atoms with Crippen LogP contribution in [-0.4, -0.2) is 37.7 Å². The van der Waals surface area contributed by atoms with Crippen molar-refractivity contribution in [2.75, 3.05) is 19.8 Å². The largest absolute Gasteiger partial charge is 0.466 e. The SMILES string of the molecule is CCOC(=O)C1CNC(C(=O)OCC)C1CC. The fraction of sp³-hybridized carbons (Fsp3) is 0.833. The normalized spacial score (nSPS) is 27.8. The van der Waals surface area contributed by atoms with Gasteiger partial charge in [-0.25, -0.2) is 0 Å². The number of nitrogens with one attached hydrogen (secondary N) is 1. The Morgan fingerprint density at radius 1 is 1.12 bits per heavy atom. The fourth-order valence-corrected chi connectivity index (χ4v) is 2.31.